The van der Waals surface area contributed by atoms with Gasteiger partial charge in [-0.05, 0) is 18.2 Å². The lowest BCUT2D eigenvalue weighted by Crippen LogP contribution is -2.21. The summed E-state index contributed by atoms with van der Waals surface area (Å²) in [6.07, 6.45) is 0.868. The van der Waals surface area contributed by atoms with Gasteiger partial charge in [0.2, 0.25) is 0 Å². The molecule has 2 rings (SSSR count). The number of aromatic nitrogens is 2. The lowest BCUT2D eigenvalue weighted by Gasteiger charge is -2.01. The van der Waals surface area contributed by atoms with E-state index in [9.17, 15) is 0 Å². The van der Waals surface area contributed by atoms with E-state index in [2.05, 4.69) is 31.4 Å². The Morgan fingerprint density at radius 3 is 2.95 bits per heavy atom. The number of halogens is 2. The van der Waals surface area contributed by atoms with Crippen LogP contribution in [0.15, 0.2) is 22.7 Å². The topological polar surface area (TPSA) is 47.0 Å². The number of nitrogens with one attached hydrogen (secondary N) is 1. The average molecular weight is 377 g/mol. The number of benzene rings is 1. The first kappa shape index (κ1) is 15.9. The minimum atomic E-state index is 0.702. The molecule has 1 heterocycles. The van der Waals surface area contributed by atoms with Crippen LogP contribution in [-0.2, 0) is 11.2 Å². The zero-order chi connectivity index (χ0) is 14.4. The summed E-state index contributed by atoms with van der Waals surface area (Å²) < 4.78 is 5.91. The molecule has 0 atom stereocenters. The van der Waals surface area contributed by atoms with Crippen LogP contribution in [-0.4, -0.2) is 37.0 Å². The van der Waals surface area contributed by atoms with Gasteiger partial charge in [-0.15, -0.1) is 10.2 Å². The first-order valence-corrected chi connectivity index (χ1v) is 8.17. The van der Waals surface area contributed by atoms with Crippen molar-refractivity contribution in [3.63, 3.8) is 0 Å². The fraction of sp³-hybridized carbons (Fsp3) is 0.385. The zero-order valence-electron chi connectivity index (χ0n) is 11.0. The van der Waals surface area contributed by atoms with E-state index in [1.54, 1.807) is 18.4 Å². The minimum Gasteiger partial charge on any atom is -0.383 e. The summed E-state index contributed by atoms with van der Waals surface area (Å²) in [7, 11) is 1.70. The van der Waals surface area contributed by atoms with Crippen molar-refractivity contribution in [3.05, 3.63) is 32.7 Å². The minimum absolute atomic E-state index is 0.702. The van der Waals surface area contributed by atoms with E-state index in [-0.39, 0.29) is 0 Å². The fourth-order valence-corrected chi connectivity index (χ4v) is 3.50. The van der Waals surface area contributed by atoms with Gasteiger partial charge in [0.25, 0.3) is 0 Å². The molecule has 0 aliphatic carbocycles. The third-order valence-electron chi connectivity index (χ3n) is 2.63. The molecular formula is C13H15BrClN3OS. The summed E-state index contributed by atoms with van der Waals surface area (Å²) >= 11 is 11.0. The van der Waals surface area contributed by atoms with Gasteiger partial charge in [-0.2, -0.15) is 0 Å². The second-order valence-corrected chi connectivity index (χ2v) is 6.47. The molecule has 0 saturated heterocycles. The molecule has 0 bridgehead atoms. The van der Waals surface area contributed by atoms with Gasteiger partial charge in [0.15, 0.2) is 0 Å². The summed E-state index contributed by atoms with van der Waals surface area (Å²) in [5.74, 6) is 0. The fourth-order valence-electron chi connectivity index (χ4n) is 1.62. The predicted octanol–water partition coefficient (Wildman–Crippen LogP) is 3.40. The molecule has 4 nitrogen and oxygen atoms in total. The van der Waals surface area contributed by atoms with Gasteiger partial charge in [0.1, 0.15) is 10.0 Å². The largest absolute Gasteiger partial charge is 0.383 e. The molecule has 108 valence electrons. The molecule has 1 aromatic carbocycles. The first-order valence-electron chi connectivity index (χ1n) is 6.18. The van der Waals surface area contributed by atoms with Crippen LogP contribution in [0.25, 0.3) is 10.6 Å². The van der Waals surface area contributed by atoms with Crippen molar-refractivity contribution >= 4 is 38.9 Å². The molecule has 0 fully saturated rings. The van der Waals surface area contributed by atoms with Crippen molar-refractivity contribution in [1.29, 1.82) is 0 Å². The van der Waals surface area contributed by atoms with Crippen LogP contribution in [0.5, 0.6) is 0 Å². The van der Waals surface area contributed by atoms with Crippen LogP contribution in [0.1, 0.15) is 5.01 Å². The monoisotopic (exact) mass is 375 g/mol. The Kier molecular flexibility index (Phi) is 6.38. The van der Waals surface area contributed by atoms with Crippen molar-refractivity contribution in [3.8, 4) is 10.6 Å². The van der Waals surface area contributed by atoms with E-state index >= 15 is 0 Å². The van der Waals surface area contributed by atoms with Gasteiger partial charge < -0.3 is 10.1 Å². The molecule has 2 aromatic rings. The zero-order valence-corrected chi connectivity index (χ0v) is 14.2. The van der Waals surface area contributed by atoms with E-state index in [0.717, 1.165) is 46.2 Å². The lowest BCUT2D eigenvalue weighted by molar-refractivity contribution is 0.199. The lowest BCUT2D eigenvalue weighted by atomic mass is 10.2. The second-order valence-electron chi connectivity index (χ2n) is 4.12. The number of hydrogen-bond donors (Lipinski definition) is 1. The summed E-state index contributed by atoms with van der Waals surface area (Å²) in [6.45, 7) is 2.45. The maximum atomic E-state index is 5.94. The summed E-state index contributed by atoms with van der Waals surface area (Å²) in [5, 5.41) is 14.4. The van der Waals surface area contributed by atoms with Crippen molar-refractivity contribution in [2.24, 2.45) is 0 Å². The number of nitrogens with zero attached hydrogens (tertiary/aromatic N) is 2. The Bertz CT molecular complexity index is 564. The van der Waals surface area contributed by atoms with Crippen molar-refractivity contribution < 1.29 is 4.74 Å². The molecule has 1 aromatic heterocycles. The van der Waals surface area contributed by atoms with Crippen LogP contribution in [0, 0.1) is 0 Å². The van der Waals surface area contributed by atoms with Crippen molar-refractivity contribution in [1.82, 2.24) is 15.5 Å². The number of rotatable bonds is 7. The van der Waals surface area contributed by atoms with Crippen LogP contribution < -0.4 is 5.32 Å². The maximum absolute atomic E-state index is 5.94. The number of ether oxygens (including phenoxy) is 1. The summed E-state index contributed by atoms with van der Waals surface area (Å²) in [4.78, 5) is 0. The van der Waals surface area contributed by atoms with Gasteiger partial charge in [-0.3, -0.25) is 0 Å². The van der Waals surface area contributed by atoms with Gasteiger partial charge in [-0.25, -0.2) is 0 Å². The van der Waals surface area contributed by atoms with Gasteiger partial charge in [0.05, 0.1) is 6.61 Å². The predicted molar refractivity (Wildman–Crippen MR) is 86.5 cm³/mol. The van der Waals surface area contributed by atoms with E-state index in [4.69, 9.17) is 16.3 Å². The summed E-state index contributed by atoms with van der Waals surface area (Å²) in [5.41, 5.74) is 1.02. The van der Waals surface area contributed by atoms with Crippen LogP contribution in [0.2, 0.25) is 5.02 Å². The Morgan fingerprint density at radius 2 is 2.20 bits per heavy atom. The SMILES string of the molecule is COCCNCCc1nnc(-c2ccc(Cl)cc2Br)s1. The highest BCUT2D eigenvalue weighted by Gasteiger charge is 2.10. The highest BCUT2D eigenvalue weighted by Crippen LogP contribution is 2.32. The van der Waals surface area contributed by atoms with Crippen molar-refractivity contribution in [2.45, 2.75) is 6.42 Å². The molecule has 0 radical (unpaired) electrons. The van der Waals surface area contributed by atoms with E-state index < -0.39 is 0 Å². The smallest absolute Gasteiger partial charge is 0.148 e. The van der Waals surface area contributed by atoms with Gasteiger partial charge in [0, 0.05) is 41.7 Å². The van der Waals surface area contributed by atoms with Gasteiger partial charge in [-0.1, -0.05) is 38.9 Å². The molecule has 7 heteroatoms. The maximum Gasteiger partial charge on any atom is 0.148 e. The van der Waals surface area contributed by atoms with Crippen molar-refractivity contribution in [2.75, 3.05) is 26.8 Å². The Balaban J connectivity index is 1.95. The molecule has 0 aliphatic rings. The molecule has 20 heavy (non-hydrogen) atoms. The Morgan fingerprint density at radius 1 is 1.35 bits per heavy atom. The number of methoxy groups -OCH3 is 1. The second kappa shape index (κ2) is 8.05. The molecule has 0 spiro atoms. The summed E-state index contributed by atoms with van der Waals surface area (Å²) in [6, 6.07) is 5.67. The molecule has 0 unspecified atom stereocenters. The number of hydrogen-bond acceptors (Lipinski definition) is 5. The Labute approximate surface area is 135 Å². The third kappa shape index (κ3) is 4.49. The normalized spacial score (nSPS) is 10.9. The quantitative estimate of drug-likeness (QED) is 0.752. The van der Waals surface area contributed by atoms with Crippen LogP contribution >= 0.6 is 38.9 Å². The van der Waals surface area contributed by atoms with Crippen LogP contribution in [0.3, 0.4) is 0 Å². The standard InChI is InChI=1S/C13H15BrClN3OS/c1-19-7-6-16-5-4-12-17-18-13(20-12)10-3-2-9(15)8-11(10)14/h2-3,8,16H,4-7H2,1H3. The molecule has 0 saturated carbocycles. The third-order valence-corrected chi connectivity index (χ3v) is 4.53. The molecular weight excluding hydrogens is 362 g/mol. The first-order chi connectivity index (χ1) is 9.70. The van der Waals surface area contributed by atoms with E-state index in [1.807, 2.05) is 18.2 Å². The molecule has 1 N–H and O–H groups in total. The highest BCUT2D eigenvalue weighted by atomic mass is 79.9. The molecule has 0 amide bonds. The average Bonchev–Trinajstić information content (AvgIpc) is 2.87. The van der Waals surface area contributed by atoms with E-state index in [0.29, 0.717) is 5.02 Å². The van der Waals surface area contributed by atoms with Crippen LogP contribution in [0.4, 0.5) is 0 Å². The molecule has 0 aliphatic heterocycles. The van der Waals surface area contributed by atoms with Gasteiger partial charge >= 0.3 is 0 Å². The highest BCUT2D eigenvalue weighted by molar-refractivity contribution is 9.10. The van der Waals surface area contributed by atoms with E-state index in [1.165, 1.54) is 0 Å². The Hall–Kier alpha value is -0.530.